The van der Waals surface area contributed by atoms with E-state index in [9.17, 15) is 34.2 Å². The van der Waals surface area contributed by atoms with E-state index < -0.39 is 41.9 Å². The SMILES string of the molecule is [C-]#[N+]c1c(NC(C)=O)[nH]c(/C=C2\N=C(NC(=O)C(CCCC)Oc3cc(C(=O)O)ccc3C(=O)O)C(C(=O)OC3C(C)CC(C)CC3C)=C2c2ccccc2)c1-c1ccccc1. The lowest BCUT2D eigenvalue weighted by atomic mass is 9.75. The Morgan fingerprint density at radius 2 is 1.56 bits per heavy atom. The predicted molar refractivity (Wildman–Crippen MR) is 235 cm³/mol. The number of ether oxygens (including phenoxy) is 2. The van der Waals surface area contributed by atoms with Crippen LogP contribution in [0.2, 0.25) is 0 Å². The number of aromatic amines is 1. The number of anilines is 1. The third kappa shape index (κ3) is 9.84. The van der Waals surface area contributed by atoms with E-state index >= 15 is 0 Å². The van der Waals surface area contributed by atoms with Gasteiger partial charge in [0, 0.05) is 23.8 Å². The maximum atomic E-state index is 14.8. The minimum Gasteiger partial charge on any atom is -0.480 e. The van der Waals surface area contributed by atoms with Crippen LogP contribution in [0, 0.1) is 24.3 Å². The molecule has 0 radical (unpaired) electrons. The van der Waals surface area contributed by atoms with Crippen LogP contribution in [0.1, 0.15) is 98.7 Å². The molecule has 1 aliphatic carbocycles. The summed E-state index contributed by atoms with van der Waals surface area (Å²) in [7, 11) is 0. The summed E-state index contributed by atoms with van der Waals surface area (Å²) < 4.78 is 12.4. The average Bonchev–Trinajstić information content (AvgIpc) is 3.77. The Kier molecular flexibility index (Phi) is 13.9. The molecule has 6 rings (SSSR count). The van der Waals surface area contributed by atoms with E-state index in [0.717, 1.165) is 31.0 Å². The smallest absolute Gasteiger partial charge is 0.342 e. The van der Waals surface area contributed by atoms with Gasteiger partial charge in [-0.3, -0.25) is 9.59 Å². The lowest BCUT2D eigenvalue weighted by Crippen LogP contribution is -2.44. The van der Waals surface area contributed by atoms with Crippen LogP contribution in [0.25, 0.3) is 27.6 Å². The first-order valence-corrected chi connectivity index (χ1v) is 20.6. The van der Waals surface area contributed by atoms with Gasteiger partial charge in [-0.2, -0.15) is 0 Å². The number of rotatable bonds is 14. The number of aromatic nitrogens is 1. The van der Waals surface area contributed by atoms with Crippen molar-refractivity contribution in [2.75, 3.05) is 5.32 Å². The van der Waals surface area contributed by atoms with E-state index in [1.807, 2.05) is 57.2 Å². The van der Waals surface area contributed by atoms with Gasteiger partial charge in [0.2, 0.25) is 11.6 Å². The molecule has 2 amide bonds. The summed E-state index contributed by atoms with van der Waals surface area (Å²) in [5.41, 5.74) is 2.14. The average molecular weight is 840 g/mol. The van der Waals surface area contributed by atoms with Crippen molar-refractivity contribution in [3.05, 3.63) is 124 Å². The summed E-state index contributed by atoms with van der Waals surface area (Å²) in [5, 5.41) is 25.1. The molecule has 3 atom stereocenters. The van der Waals surface area contributed by atoms with Crippen LogP contribution in [-0.4, -0.2) is 63.0 Å². The van der Waals surface area contributed by atoms with Gasteiger partial charge in [-0.1, -0.05) is 94.8 Å². The molecule has 3 unspecified atom stereocenters. The first-order chi connectivity index (χ1) is 29.7. The number of hydrogen-bond acceptors (Lipinski definition) is 8. The molecule has 2 heterocycles. The van der Waals surface area contributed by atoms with Crippen LogP contribution in [0.4, 0.5) is 11.5 Å². The quantitative estimate of drug-likeness (QED) is 0.0606. The summed E-state index contributed by atoms with van der Waals surface area (Å²) in [6.45, 7) is 17.6. The topological polar surface area (TPSA) is 201 Å². The van der Waals surface area contributed by atoms with Crippen molar-refractivity contribution >= 4 is 58.7 Å². The van der Waals surface area contributed by atoms with E-state index in [1.54, 1.807) is 30.3 Å². The molecule has 5 N–H and O–H groups in total. The van der Waals surface area contributed by atoms with Crippen LogP contribution < -0.4 is 15.4 Å². The van der Waals surface area contributed by atoms with E-state index in [1.165, 1.54) is 6.92 Å². The number of nitrogens with zero attached hydrogens (tertiary/aromatic N) is 2. The molecule has 2 aliphatic rings. The number of aliphatic imine (C=N–C) groups is 1. The number of carboxylic acids is 2. The Labute approximate surface area is 359 Å². The van der Waals surface area contributed by atoms with Crippen LogP contribution in [0.3, 0.4) is 0 Å². The summed E-state index contributed by atoms with van der Waals surface area (Å²) in [6.07, 6.45) is 2.77. The second kappa shape index (κ2) is 19.4. The Hall–Kier alpha value is -7.27. The molecule has 1 aliphatic heterocycles. The van der Waals surface area contributed by atoms with E-state index in [2.05, 4.69) is 27.4 Å². The van der Waals surface area contributed by atoms with E-state index in [4.69, 9.17) is 21.0 Å². The van der Waals surface area contributed by atoms with Crippen molar-refractivity contribution in [3.63, 3.8) is 0 Å². The molecule has 0 bridgehead atoms. The van der Waals surface area contributed by atoms with Crippen molar-refractivity contribution in [1.29, 1.82) is 0 Å². The molecule has 62 heavy (non-hydrogen) atoms. The number of allylic oxidation sites excluding steroid dienone is 1. The minimum absolute atomic E-state index is 0.0354. The summed E-state index contributed by atoms with van der Waals surface area (Å²) in [4.78, 5) is 77.6. The zero-order valence-corrected chi connectivity index (χ0v) is 35.2. The fourth-order valence-electron chi connectivity index (χ4n) is 8.32. The number of carboxylic acid groups (broad SMARTS) is 2. The highest BCUT2D eigenvalue weighted by molar-refractivity contribution is 6.31. The maximum Gasteiger partial charge on any atom is 0.342 e. The minimum atomic E-state index is -1.38. The third-order valence-corrected chi connectivity index (χ3v) is 11.0. The molecule has 1 fully saturated rings. The highest BCUT2D eigenvalue weighted by Gasteiger charge is 2.39. The van der Waals surface area contributed by atoms with Crippen molar-refractivity contribution in [3.8, 4) is 16.9 Å². The van der Waals surface area contributed by atoms with Gasteiger partial charge in [-0.15, -0.1) is 0 Å². The predicted octanol–water partition coefficient (Wildman–Crippen LogP) is 9.16. The molecule has 4 aromatic rings. The van der Waals surface area contributed by atoms with Crippen LogP contribution in [-0.2, 0) is 19.1 Å². The molecule has 3 aromatic carbocycles. The van der Waals surface area contributed by atoms with E-state index in [-0.39, 0.29) is 63.7 Å². The lowest BCUT2D eigenvalue weighted by Gasteiger charge is -2.37. The Balaban J connectivity index is 1.54. The number of unbranched alkanes of at least 4 members (excludes halogenated alkanes) is 1. The first-order valence-electron chi connectivity index (χ1n) is 20.6. The summed E-state index contributed by atoms with van der Waals surface area (Å²) in [5.74, 6) is -4.40. The highest BCUT2D eigenvalue weighted by atomic mass is 16.5. The van der Waals surface area contributed by atoms with E-state index in [0.29, 0.717) is 46.7 Å². The fraction of sp³-hybridized carbons (Fsp3) is 0.312. The van der Waals surface area contributed by atoms with Crippen LogP contribution >= 0.6 is 0 Å². The number of H-pyrrole nitrogens is 1. The first kappa shape index (κ1) is 44.3. The van der Waals surface area contributed by atoms with Gasteiger partial charge in [0.1, 0.15) is 34.6 Å². The van der Waals surface area contributed by atoms with Gasteiger partial charge in [0.15, 0.2) is 6.10 Å². The normalized spacial score (nSPS) is 19.5. The number of benzene rings is 3. The zero-order chi connectivity index (χ0) is 44.7. The number of carbonyl (C=O) groups is 5. The Morgan fingerprint density at radius 1 is 0.919 bits per heavy atom. The number of hydrogen-bond donors (Lipinski definition) is 5. The lowest BCUT2D eigenvalue weighted by molar-refractivity contribution is -0.152. The maximum absolute atomic E-state index is 14.8. The van der Waals surface area contributed by atoms with Gasteiger partial charge in [-0.25, -0.2) is 24.2 Å². The van der Waals surface area contributed by atoms with Gasteiger partial charge >= 0.3 is 17.9 Å². The third-order valence-electron chi connectivity index (χ3n) is 11.0. The summed E-state index contributed by atoms with van der Waals surface area (Å²) >= 11 is 0. The number of amidine groups is 1. The van der Waals surface area contributed by atoms with Crippen molar-refractivity contribution in [1.82, 2.24) is 10.3 Å². The molecule has 0 spiro atoms. The molecule has 1 saturated carbocycles. The monoisotopic (exact) mass is 839 g/mol. The fourth-order valence-corrected chi connectivity index (χ4v) is 8.32. The number of nitrogens with one attached hydrogen (secondary N) is 3. The second-order valence-electron chi connectivity index (χ2n) is 15.9. The summed E-state index contributed by atoms with van der Waals surface area (Å²) in [6, 6.07) is 21.4. The van der Waals surface area contributed by atoms with Crippen molar-refractivity contribution in [2.45, 2.75) is 78.9 Å². The molecular formula is C48H49N5O9. The number of carbonyl (C=O) groups excluding carboxylic acids is 3. The zero-order valence-electron chi connectivity index (χ0n) is 35.2. The molecule has 0 saturated heterocycles. The Morgan fingerprint density at radius 3 is 2.15 bits per heavy atom. The van der Waals surface area contributed by atoms with Crippen molar-refractivity contribution in [2.24, 2.45) is 22.7 Å². The standard InChI is InChI=1S/C48H49N5O9/c1-7-8-19-36(61-37-24-32(46(56)57)20-21-33(37)47(58)59)45(55)53-43-40(48(60)62-42-27(3)22-26(2)23-28(42)4)38(30-15-11-9-12-16-30)34(51-43)25-35-39(31-17-13-10-14-18-31)41(49-6)44(52-35)50-29(5)54/h9-18,20-21,24-28,36,42,52H,7-8,19,22-23H2,1-5H3,(H,50,54)(H,56,57)(H,58,59)(H,51,53,55)/b34-25-. The molecule has 320 valence electrons. The van der Waals surface area contributed by atoms with Gasteiger partial charge in [0.05, 0.1) is 17.8 Å². The number of amides is 2. The van der Waals surface area contributed by atoms with Crippen LogP contribution in [0.5, 0.6) is 5.75 Å². The van der Waals surface area contributed by atoms with Gasteiger partial charge in [-0.05, 0) is 78.8 Å². The van der Waals surface area contributed by atoms with Crippen LogP contribution in [0.15, 0.2) is 95.1 Å². The molecular weight excluding hydrogens is 791 g/mol. The number of esters is 1. The largest absolute Gasteiger partial charge is 0.480 e. The molecule has 1 aromatic heterocycles. The van der Waals surface area contributed by atoms with Crippen molar-refractivity contribution < 1.29 is 43.7 Å². The van der Waals surface area contributed by atoms with Gasteiger partial charge in [0.25, 0.3) is 5.91 Å². The molecule has 14 nitrogen and oxygen atoms in total. The number of aromatic carboxylic acids is 2. The second-order valence-corrected chi connectivity index (χ2v) is 15.9. The Bertz CT molecular complexity index is 2500. The molecule has 14 heteroatoms. The van der Waals surface area contributed by atoms with Gasteiger partial charge < -0.3 is 35.3 Å². The highest BCUT2D eigenvalue weighted by Crippen LogP contribution is 2.44.